The second-order valence-electron chi connectivity index (χ2n) is 5.08. The fourth-order valence-corrected chi connectivity index (χ4v) is 4.62. The van der Waals surface area contributed by atoms with E-state index in [2.05, 4.69) is 5.32 Å². The highest BCUT2D eigenvalue weighted by molar-refractivity contribution is 7.89. The number of hydrogen-bond donors (Lipinski definition) is 1. The number of sulfonamides is 1. The lowest BCUT2D eigenvalue weighted by Crippen LogP contribution is -2.32. The molecule has 19 heavy (non-hydrogen) atoms. The van der Waals surface area contributed by atoms with E-state index in [0.29, 0.717) is 24.9 Å². The zero-order valence-electron chi connectivity index (χ0n) is 10.1. The summed E-state index contributed by atoms with van der Waals surface area (Å²) < 4.78 is 39.5. The molecule has 0 radical (unpaired) electrons. The molecule has 2 heterocycles. The smallest absolute Gasteiger partial charge is 0.243 e. The molecule has 0 aromatic heterocycles. The number of nitrogens with one attached hydrogen (secondary N) is 1. The lowest BCUT2D eigenvalue weighted by Gasteiger charge is -2.17. The van der Waals surface area contributed by atoms with E-state index in [-0.39, 0.29) is 9.92 Å². The summed E-state index contributed by atoms with van der Waals surface area (Å²) in [5.74, 6) is 0.152. The Morgan fingerprint density at radius 1 is 1.26 bits per heavy atom. The van der Waals surface area contributed by atoms with E-state index in [9.17, 15) is 12.8 Å². The van der Waals surface area contributed by atoms with Crippen LogP contribution in [0.25, 0.3) is 0 Å². The number of nitrogens with zero attached hydrogens (tertiary/aromatic N) is 1. The van der Waals surface area contributed by atoms with E-state index in [4.69, 9.17) is 11.6 Å². The van der Waals surface area contributed by atoms with E-state index >= 15 is 0 Å². The number of rotatable bonds is 2. The van der Waals surface area contributed by atoms with E-state index in [1.54, 1.807) is 0 Å². The molecule has 0 spiro atoms. The summed E-state index contributed by atoms with van der Waals surface area (Å²) in [4.78, 5) is 0.0619. The van der Waals surface area contributed by atoms with Crippen LogP contribution >= 0.6 is 11.6 Å². The first kappa shape index (κ1) is 13.3. The molecule has 4 nitrogen and oxygen atoms in total. The second-order valence-corrected chi connectivity index (χ2v) is 7.42. The highest BCUT2D eigenvalue weighted by Crippen LogP contribution is 2.31. The Kier molecular flexibility index (Phi) is 3.29. The third kappa shape index (κ3) is 2.27. The third-order valence-electron chi connectivity index (χ3n) is 3.88. The maximum Gasteiger partial charge on any atom is 0.243 e. The van der Waals surface area contributed by atoms with Crippen LogP contribution in [-0.4, -0.2) is 38.9 Å². The molecule has 2 fully saturated rings. The van der Waals surface area contributed by atoms with Crippen molar-refractivity contribution < 1.29 is 12.8 Å². The molecular weight excluding hydrogens is 291 g/mol. The number of benzene rings is 1. The van der Waals surface area contributed by atoms with Gasteiger partial charge in [0, 0.05) is 13.1 Å². The van der Waals surface area contributed by atoms with Crippen molar-refractivity contribution in [2.24, 2.45) is 11.8 Å². The average molecular weight is 305 g/mol. The van der Waals surface area contributed by atoms with Gasteiger partial charge < -0.3 is 5.32 Å². The van der Waals surface area contributed by atoms with Gasteiger partial charge in [-0.05, 0) is 43.1 Å². The first-order valence-corrected chi connectivity index (χ1v) is 7.96. The highest BCUT2D eigenvalue weighted by Gasteiger charge is 2.41. The van der Waals surface area contributed by atoms with Gasteiger partial charge >= 0.3 is 0 Å². The molecule has 1 aromatic rings. The molecule has 0 bridgehead atoms. The van der Waals surface area contributed by atoms with Crippen LogP contribution in [0.2, 0.25) is 5.02 Å². The van der Waals surface area contributed by atoms with Gasteiger partial charge in [-0.3, -0.25) is 0 Å². The molecule has 0 saturated carbocycles. The predicted octanol–water partition coefficient (Wildman–Crippen LogP) is 1.32. The zero-order valence-corrected chi connectivity index (χ0v) is 11.7. The molecule has 2 atom stereocenters. The fraction of sp³-hybridized carbons (Fsp3) is 0.500. The summed E-state index contributed by atoms with van der Waals surface area (Å²) in [5.41, 5.74) is 0. The van der Waals surface area contributed by atoms with E-state index in [1.165, 1.54) is 16.4 Å². The maximum atomic E-state index is 13.1. The van der Waals surface area contributed by atoms with Crippen molar-refractivity contribution in [3.63, 3.8) is 0 Å². The highest BCUT2D eigenvalue weighted by atomic mass is 35.5. The summed E-state index contributed by atoms with van der Waals surface area (Å²) in [7, 11) is -3.57. The Hall–Kier alpha value is -0.690. The minimum atomic E-state index is -3.57. The normalized spacial score (nSPS) is 27.7. The summed E-state index contributed by atoms with van der Waals surface area (Å²) in [6.45, 7) is 2.77. The lowest BCUT2D eigenvalue weighted by molar-refractivity contribution is 0.448. The van der Waals surface area contributed by atoms with Crippen molar-refractivity contribution in [2.75, 3.05) is 26.2 Å². The van der Waals surface area contributed by atoms with Crippen LogP contribution in [0.5, 0.6) is 0 Å². The molecular formula is C12H14ClFN2O2S. The van der Waals surface area contributed by atoms with Crippen molar-refractivity contribution in [3.05, 3.63) is 29.0 Å². The van der Waals surface area contributed by atoms with Crippen LogP contribution < -0.4 is 5.32 Å². The van der Waals surface area contributed by atoms with Gasteiger partial charge in [-0.15, -0.1) is 0 Å². The summed E-state index contributed by atoms with van der Waals surface area (Å²) >= 11 is 5.65. The van der Waals surface area contributed by atoms with Crippen LogP contribution in [0.4, 0.5) is 4.39 Å². The standard InChI is InChI=1S/C12H14ClFN2O2S/c13-11-3-10(1-2-12(11)14)19(17,18)16-6-8-4-15-5-9(8)7-16/h1-3,8-9,15H,4-7H2. The molecule has 1 N–H and O–H groups in total. The molecule has 7 heteroatoms. The Bertz CT molecular complexity index is 596. The molecule has 2 aliphatic rings. The van der Waals surface area contributed by atoms with Gasteiger partial charge in [0.1, 0.15) is 5.82 Å². The van der Waals surface area contributed by atoms with Gasteiger partial charge in [-0.1, -0.05) is 11.6 Å². The van der Waals surface area contributed by atoms with Crippen LogP contribution in [0, 0.1) is 17.7 Å². The Morgan fingerprint density at radius 2 is 1.89 bits per heavy atom. The second kappa shape index (κ2) is 4.70. The lowest BCUT2D eigenvalue weighted by atomic mass is 10.0. The zero-order chi connectivity index (χ0) is 13.6. The molecule has 0 aliphatic carbocycles. The summed E-state index contributed by atoms with van der Waals surface area (Å²) in [5, 5.41) is 3.10. The minimum Gasteiger partial charge on any atom is -0.316 e. The van der Waals surface area contributed by atoms with Gasteiger partial charge in [-0.2, -0.15) is 4.31 Å². The van der Waals surface area contributed by atoms with Gasteiger partial charge in [0.2, 0.25) is 10.0 Å². The molecule has 104 valence electrons. The number of fused-ring (bicyclic) bond motifs is 1. The molecule has 0 amide bonds. The van der Waals surface area contributed by atoms with E-state index in [0.717, 1.165) is 19.2 Å². The van der Waals surface area contributed by atoms with E-state index < -0.39 is 15.8 Å². The molecule has 2 unspecified atom stereocenters. The summed E-state index contributed by atoms with van der Waals surface area (Å²) in [6.07, 6.45) is 0. The minimum absolute atomic E-state index is 0.0619. The predicted molar refractivity (Wildman–Crippen MR) is 70.0 cm³/mol. The SMILES string of the molecule is O=S(=O)(c1ccc(F)c(Cl)c1)N1CC2CNCC2C1. The van der Waals surface area contributed by atoms with Crippen molar-refractivity contribution in [2.45, 2.75) is 4.90 Å². The van der Waals surface area contributed by atoms with Gasteiger partial charge in [0.15, 0.2) is 0 Å². The van der Waals surface area contributed by atoms with Crippen molar-refractivity contribution in [3.8, 4) is 0 Å². The van der Waals surface area contributed by atoms with Crippen molar-refractivity contribution in [1.29, 1.82) is 0 Å². The largest absolute Gasteiger partial charge is 0.316 e. The van der Waals surface area contributed by atoms with Crippen LogP contribution in [0.1, 0.15) is 0 Å². The number of hydrogen-bond acceptors (Lipinski definition) is 3. The average Bonchev–Trinajstić information content (AvgIpc) is 2.93. The monoisotopic (exact) mass is 304 g/mol. The summed E-state index contributed by atoms with van der Waals surface area (Å²) in [6, 6.07) is 3.54. The Balaban J connectivity index is 1.88. The van der Waals surface area contributed by atoms with Crippen molar-refractivity contribution >= 4 is 21.6 Å². The first-order chi connectivity index (χ1) is 8.98. The first-order valence-electron chi connectivity index (χ1n) is 6.14. The topological polar surface area (TPSA) is 49.4 Å². The van der Waals surface area contributed by atoms with Gasteiger partial charge in [-0.25, -0.2) is 12.8 Å². The van der Waals surface area contributed by atoms with Gasteiger partial charge in [0.05, 0.1) is 9.92 Å². The molecule has 2 aliphatic heterocycles. The third-order valence-corrected chi connectivity index (χ3v) is 6.00. The molecule has 1 aromatic carbocycles. The van der Waals surface area contributed by atoms with E-state index in [1.807, 2.05) is 0 Å². The van der Waals surface area contributed by atoms with Crippen LogP contribution in [0.15, 0.2) is 23.1 Å². The molecule has 3 rings (SSSR count). The van der Waals surface area contributed by atoms with Crippen molar-refractivity contribution in [1.82, 2.24) is 9.62 Å². The molecule has 2 saturated heterocycles. The number of halogens is 2. The maximum absolute atomic E-state index is 13.1. The van der Waals surface area contributed by atoms with Crippen LogP contribution in [-0.2, 0) is 10.0 Å². The Labute approximate surface area is 116 Å². The Morgan fingerprint density at radius 3 is 2.47 bits per heavy atom. The quantitative estimate of drug-likeness (QED) is 0.896. The fourth-order valence-electron chi connectivity index (χ4n) is 2.79. The van der Waals surface area contributed by atoms with Gasteiger partial charge in [0.25, 0.3) is 0 Å². The van der Waals surface area contributed by atoms with Crippen LogP contribution in [0.3, 0.4) is 0 Å².